The Kier molecular flexibility index (Phi) is 2.87. The number of H-pyrrole nitrogens is 1. The summed E-state index contributed by atoms with van der Waals surface area (Å²) in [5.74, 6) is -0.353. The van der Waals surface area contributed by atoms with Crippen LogP contribution in [0.5, 0.6) is 0 Å². The summed E-state index contributed by atoms with van der Waals surface area (Å²) in [5.41, 5.74) is 7.64. The highest BCUT2D eigenvalue weighted by atomic mass is 79.9. The van der Waals surface area contributed by atoms with E-state index in [1.807, 2.05) is 6.07 Å². The van der Waals surface area contributed by atoms with E-state index in [1.54, 1.807) is 19.1 Å². The average Bonchev–Trinajstić information content (AvgIpc) is 2.62. The highest BCUT2D eigenvalue weighted by Gasteiger charge is 2.11. The quantitative estimate of drug-likeness (QED) is 0.657. The summed E-state index contributed by atoms with van der Waals surface area (Å²) in [4.78, 5) is 14.5. The number of nitrogens with one attached hydrogen (secondary N) is 1. The Hall–Kier alpha value is -1.49. The van der Waals surface area contributed by atoms with E-state index in [4.69, 9.17) is 10.5 Å². The molecule has 1 aromatic heterocycles. The van der Waals surface area contributed by atoms with Crippen molar-refractivity contribution in [3.63, 3.8) is 0 Å². The maximum Gasteiger partial charge on any atom is 0.354 e. The summed E-state index contributed by atoms with van der Waals surface area (Å²) < 4.78 is 5.72. The van der Waals surface area contributed by atoms with E-state index >= 15 is 0 Å². The van der Waals surface area contributed by atoms with Gasteiger partial charge in [-0.1, -0.05) is 0 Å². The van der Waals surface area contributed by atoms with Gasteiger partial charge in [-0.2, -0.15) is 0 Å². The third-order valence-corrected chi connectivity index (χ3v) is 2.92. The number of hydrogen-bond donors (Lipinski definition) is 2. The Bertz CT molecular complexity index is 509. The van der Waals surface area contributed by atoms with Crippen LogP contribution in [0.15, 0.2) is 22.7 Å². The lowest BCUT2D eigenvalue weighted by Crippen LogP contribution is -2.04. The maximum atomic E-state index is 11.5. The molecule has 0 amide bonds. The first kappa shape index (κ1) is 11.0. The van der Waals surface area contributed by atoms with Gasteiger partial charge in [-0.25, -0.2) is 4.79 Å². The zero-order valence-electron chi connectivity index (χ0n) is 8.71. The lowest BCUT2D eigenvalue weighted by Gasteiger charge is -1.97. The van der Waals surface area contributed by atoms with Crippen LogP contribution >= 0.6 is 15.9 Å². The molecular weight excluding hydrogens is 272 g/mol. The molecule has 5 heteroatoms. The standard InChI is InChI=1S/C11H11BrN2O2/c1-2-16-11(15)10-4-6-3-7(12)8(13)5-9(6)14-10/h3-5,14H,2,13H2,1H3. The number of rotatable bonds is 2. The van der Waals surface area contributed by atoms with Gasteiger partial charge in [-0.05, 0) is 41.1 Å². The Balaban J connectivity index is 2.48. The maximum absolute atomic E-state index is 11.5. The van der Waals surface area contributed by atoms with Crippen molar-refractivity contribution in [2.24, 2.45) is 0 Å². The number of nitrogen functional groups attached to an aromatic ring is 1. The van der Waals surface area contributed by atoms with Crippen LogP contribution in [0.4, 0.5) is 5.69 Å². The molecule has 3 N–H and O–H groups in total. The van der Waals surface area contributed by atoms with Crippen molar-refractivity contribution in [1.82, 2.24) is 4.98 Å². The Morgan fingerprint density at radius 1 is 1.50 bits per heavy atom. The number of esters is 1. The average molecular weight is 283 g/mol. The van der Waals surface area contributed by atoms with Crippen molar-refractivity contribution < 1.29 is 9.53 Å². The van der Waals surface area contributed by atoms with Crippen molar-refractivity contribution in [2.45, 2.75) is 6.92 Å². The molecule has 0 unspecified atom stereocenters. The van der Waals surface area contributed by atoms with Crippen LogP contribution in [0.25, 0.3) is 10.9 Å². The monoisotopic (exact) mass is 282 g/mol. The summed E-state index contributed by atoms with van der Waals surface area (Å²) in [6.07, 6.45) is 0. The molecule has 0 aliphatic rings. The van der Waals surface area contributed by atoms with E-state index in [0.29, 0.717) is 18.0 Å². The van der Waals surface area contributed by atoms with Gasteiger partial charge in [-0.15, -0.1) is 0 Å². The fraction of sp³-hybridized carbons (Fsp3) is 0.182. The second-order valence-corrected chi connectivity index (χ2v) is 4.22. The number of aromatic amines is 1. The fourth-order valence-electron chi connectivity index (χ4n) is 1.49. The molecule has 2 aromatic rings. The molecule has 0 fully saturated rings. The normalized spacial score (nSPS) is 10.6. The van der Waals surface area contributed by atoms with Crippen LogP contribution in [0.1, 0.15) is 17.4 Å². The summed E-state index contributed by atoms with van der Waals surface area (Å²) >= 11 is 3.34. The van der Waals surface area contributed by atoms with E-state index in [9.17, 15) is 4.79 Å². The second kappa shape index (κ2) is 4.17. The molecule has 0 aliphatic heterocycles. The number of anilines is 1. The molecule has 0 spiro atoms. The zero-order chi connectivity index (χ0) is 11.7. The van der Waals surface area contributed by atoms with Gasteiger partial charge in [0.15, 0.2) is 0 Å². The van der Waals surface area contributed by atoms with Crippen LogP contribution in [0, 0.1) is 0 Å². The molecular formula is C11H11BrN2O2. The predicted molar refractivity (Wildman–Crippen MR) is 66.4 cm³/mol. The van der Waals surface area contributed by atoms with E-state index < -0.39 is 0 Å². The van der Waals surface area contributed by atoms with Crippen molar-refractivity contribution in [3.05, 3.63) is 28.4 Å². The highest BCUT2D eigenvalue weighted by Crippen LogP contribution is 2.26. The minimum Gasteiger partial charge on any atom is -0.461 e. The van der Waals surface area contributed by atoms with Crippen molar-refractivity contribution in [1.29, 1.82) is 0 Å². The summed E-state index contributed by atoms with van der Waals surface area (Å²) in [5, 5.41) is 0.920. The third-order valence-electron chi connectivity index (χ3n) is 2.23. The smallest absolute Gasteiger partial charge is 0.354 e. The lowest BCUT2D eigenvalue weighted by molar-refractivity contribution is 0.0520. The molecule has 4 nitrogen and oxygen atoms in total. The molecule has 0 radical (unpaired) electrons. The number of nitrogens with two attached hydrogens (primary N) is 1. The van der Waals surface area contributed by atoms with Crippen molar-refractivity contribution in [3.8, 4) is 0 Å². The van der Waals surface area contributed by atoms with Gasteiger partial charge < -0.3 is 15.5 Å². The van der Waals surface area contributed by atoms with Gasteiger partial charge in [0, 0.05) is 21.1 Å². The van der Waals surface area contributed by atoms with E-state index in [0.717, 1.165) is 15.4 Å². The number of benzene rings is 1. The molecule has 16 heavy (non-hydrogen) atoms. The van der Waals surface area contributed by atoms with Gasteiger partial charge >= 0.3 is 5.97 Å². The number of carbonyl (C=O) groups is 1. The van der Waals surface area contributed by atoms with E-state index in [2.05, 4.69) is 20.9 Å². The fourth-order valence-corrected chi connectivity index (χ4v) is 1.85. The third kappa shape index (κ3) is 1.90. The molecule has 0 saturated heterocycles. The van der Waals surface area contributed by atoms with Gasteiger partial charge in [0.25, 0.3) is 0 Å². The minimum absolute atomic E-state index is 0.353. The van der Waals surface area contributed by atoms with Crippen LogP contribution in [0.2, 0.25) is 0 Å². The van der Waals surface area contributed by atoms with Crippen LogP contribution in [-0.4, -0.2) is 17.6 Å². The Morgan fingerprint density at radius 2 is 2.25 bits per heavy atom. The van der Waals surface area contributed by atoms with E-state index in [1.165, 1.54) is 0 Å². The molecule has 0 atom stereocenters. The van der Waals surface area contributed by atoms with Gasteiger partial charge in [-0.3, -0.25) is 0 Å². The number of carbonyl (C=O) groups excluding carboxylic acids is 1. The minimum atomic E-state index is -0.353. The first-order valence-electron chi connectivity index (χ1n) is 4.86. The van der Waals surface area contributed by atoms with Crippen LogP contribution in [0.3, 0.4) is 0 Å². The molecule has 1 heterocycles. The molecule has 0 aliphatic carbocycles. The topological polar surface area (TPSA) is 68.1 Å². The molecule has 84 valence electrons. The van der Waals surface area contributed by atoms with Crippen LogP contribution < -0.4 is 5.73 Å². The molecule has 2 rings (SSSR count). The predicted octanol–water partition coefficient (Wildman–Crippen LogP) is 2.69. The summed E-state index contributed by atoms with van der Waals surface area (Å²) in [6.45, 7) is 2.13. The van der Waals surface area contributed by atoms with E-state index in [-0.39, 0.29) is 5.97 Å². The number of hydrogen-bond acceptors (Lipinski definition) is 3. The van der Waals surface area contributed by atoms with Crippen molar-refractivity contribution in [2.75, 3.05) is 12.3 Å². The number of halogens is 1. The first-order chi connectivity index (χ1) is 7.61. The second-order valence-electron chi connectivity index (χ2n) is 3.36. The largest absolute Gasteiger partial charge is 0.461 e. The summed E-state index contributed by atoms with van der Waals surface area (Å²) in [6, 6.07) is 5.39. The molecule has 0 saturated carbocycles. The number of fused-ring (bicyclic) bond motifs is 1. The first-order valence-corrected chi connectivity index (χ1v) is 5.66. The molecule has 0 bridgehead atoms. The number of aromatic nitrogens is 1. The summed E-state index contributed by atoms with van der Waals surface area (Å²) in [7, 11) is 0. The van der Waals surface area contributed by atoms with Gasteiger partial charge in [0.2, 0.25) is 0 Å². The lowest BCUT2D eigenvalue weighted by atomic mass is 10.2. The molecule has 1 aromatic carbocycles. The van der Waals surface area contributed by atoms with Gasteiger partial charge in [0.1, 0.15) is 5.69 Å². The van der Waals surface area contributed by atoms with Crippen LogP contribution in [-0.2, 0) is 4.74 Å². The van der Waals surface area contributed by atoms with Gasteiger partial charge in [0.05, 0.1) is 6.61 Å². The van der Waals surface area contributed by atoms with Crippen molar-refractivity contribution >= 4 is 38.5 Å². The Morgan fingerprint density at radius 3 is 2.94 bits per heavy atom. The highest BCUT2D eigenvalue weighted by molar-refractivity contribution is 9.10. The number of ether oxygens (including phenoxy) is 1. The Labute approximate surface area is 101 Å². The SMILES string of the molecule is CCOC(=O)c1cc2cc(Br)c(N)cc2[nH]1. The zero-order valence-corrected chi connectivity index (χ0v) is 10.3.